The van der Waals surface area contributed by atoms with Gasteiger partial charge in [-0.15, -0.1) is 12.4 Å². The molecule has 0 spiro atoms. The second-order valence-electron chi connectivity index (χ2n) is 3.48. The molecule has 1 rings (SSSR count). The lowest BCUT2D eigenvalue weighted by Crippen LogP contribution is -2.16. The average Bonchev–Trinajstić information content (AvgIpc) is 2.03. The fourth-order valence-corrected chi connectivity index (χ4v) is 1.50. The normalized spacial score (nSPS) is 12.0. The number of halogens is 1. The number of nitrogens with two attached hydrogens (primary N) is 1. The molecule has 0 aromatic heterocycles. The van der Waals surface area contributed by atoms with Crippen LogP contribution in [0.15, 0.2) is 18.2 Å². The van der Waals surface area contributed by atoms with Crippen molar-refractivity contribution in [1.29, 1.82) is 0 Å². The van der Waals surface area contributed by atoms with E-state index in [9.17, 15) is 0 Å². The Bertz CT molecular complexity index is 268. The molecule has 1 unspecified atom stereocenters. The van der Waals surface area contributed by atoms with Crippen LogP contribution in [0, 0.1) is 13.8 Å². The van der Waals surface area contributed by atoms with Gasteiger partial charge in [-0.2, -0.15) is 0 Å². The highest BCUT2D eigenvalue weighted by molar-refractivity contribution is 5.85. The summed E-state index contributed by atoms with van der Waals surface area (Å²) in [5, 5.41) is 0. The number of benzene rings is 1. The second-order valence-corrected chi connectivity index (χ2v) is 3.48. The van der Waals surface area contributed by atoms with Crippen molar-refractivity contribution in [3.63, 3.8) is 0 Å². The van der Waals surface area contributed by atoms with E-state index in [0.29, 0.717) is 6.61 Å². The first-order chi connectivity index (χ1) is 6.13. The molecule has 3 heteroatoms. The molecule has 2 N–H and O–H groups in total. The molecule has 1 atom stereocenters. The van der Waals surface area contributed by atoms with Gasteiger partial charge in [-0.1, -0.05) is 29.3 Å². The van der Waals surface area contributed by atoms with Gasteiger partial charge >= 0.3 is 0 Å². The Morgan fingerprint density at radius 3 is 2.14 bits per heavy atom. The van der Waals surface area contributed by atoms with E-state index in [0.717, 1.165) is 5.56 Å². The molecule has 0 saturated heterocycles. The van der Waals surface area contributed by atoms with Crippen LogP contribution in [0.5, 0.6) is 0 Å². The first-order valence-electron chi connectivity index (χ1n) is 4.46. The summed E-state index contributed by atoms with van der Waals surface area (Å²) in [5.41, 5.74) is 9.57. The Balaban J connectivity index is 0.00000169. The maximum absolute atomic E-state index is 5.92. The molecule has 80 valence electrons. The molecule has 0 aliphatic carbocycles. The van der Waals surface area contributed by atoms with Gasteiger partial charge in [0, 0.05) is 7.11 Å². The second kappa shape index (κ2) is 6.02. The largest absolute Gasteiger partial charge is 0.383 e. The van der Waals surface area contributed by atoms with Crippen LogP contribution in [0.25, 0.3) is 0 Å². The molecule has 2 nitrogen and oxygen atoms in total. The lowest BCUT2D eigenvalue weighted by molar-refractivity contribution is 0.181. The predicted octanol–water partition coefficient (Wildman–Crippen LogP) is 2.37. The van der Waals surface area contributed by atoms with Crippen LogP contribution in [0.3, 0.4) is 0 Å². The number of ether oxygens (including phenoxy) is 1. The Kier molecular flexibility index (Phi) is 5.77. The fraction of sp³-hybridized carbons (Fsp3) is 0.455. The van der Waals surface area contributed by atoms with Gasteiger partial charge in [0.1, 0.15) is 0 Å². The van der Waals surface area contributed by atoms with Crippen molar-refractivity contribution in [2.24, 2.45) is 5.73 Å². The van der Waals surface area contributed by atoms with Gasteiger partial charge in [0.15, 0.2) is 0 Å². The minimum atomic E-state index is -0.0106. The van der Waals surface area contributed by atoms with Crippen molar-refractivity contribution in [3.8, 4) is 0 Å². The summed E-state index contributed by atoms with van der Waals surface area (Å²) in [5.74, 6) is 0. The molecule has 0 aliphatic heterocycles. The summed E-state index contributed by atoms with van der Waals surface area (Å²) in [4.78, 5) is 0. The van der Waals surface area contributed by atoms with E-state index in [1.165, 1.54) is 11.1 Å². The zero-order valence-corrected chi connectivity index (χ0v) is 9.73. The van der Waals surface area contributed by atoms with E-state index < -0.39 is 0 Å². The first kappa shape index (κ1) is 13.4. The molecule has 0 bridgehead atoms. The summed E-state index contributed by atoms with van der Waals surface area (Å²) < 4.78 is 5.01. The maximum Gasteiger partial charge on any atom is 0.0655 e. The lowest BCUT2D eigenvalue weighted by atomic mass is 10.0. The zero-order chi connectivity index (χ0) is 9.84. The average molecular weight is 216 g/mol. The Morgan fingerprint density at radius 2 is 1.71 bits per heavy atom. The summed E-state index contributed by atoms with van der Waals surface area (Å²) in [6, 6.07) is 6.35. The highest BCUT2D eigenvalue weighted by Gasteiger charge is 2.05. The third-order valence-corrected chi connectivity index (χ3v) is 2.02. The lowest BCUT2D eigenvalue weighted by Gasteiger charge is -2.12. The molecular weight excluding hydrogens is 198 g/mol. The summed E-state index contributed by atoms with van der Waals surface area (Å²) in [7, 11) is 1.67. The van der Waals surface area contributed by atoms with Crippen molar-refractivity contribution in [2.45, 2.75) is 19.9 Å². The third kappa shape index (κ3) is 3.66. The van der Waals surface area contributed by atoms with Crippen molar-refractivity contribution < 1.29 is 4.74 Å². The van der Waals surface area contributed by atoms with Crippen LogP contribution in [-0.2, 0) is 4.74 Å². The van der Waals surface area contributed by atoms with E-state index in [1.54, 1.807) is 7.11 Å². The van der Waals surface area contributed by atoms with Crippen LogP contribution in [0.1, 0.15) is 22.7 Å². The Morgan fingerprint density at radius 1 is 1.21 bits per heavy atom. The number of aryl methyl sites for hydroxylation is 2. The van der Waals surface area contributed by atoms with Crippen LogP contribution in [0.4, 0.5) is 0 Å². The molecule has 0 fully saturated rings. The minimum Gasteiger partial charge on any atom is -0.383 e. The summed E-state index contributed by atoms with van der Waals surface area (Å²) >= 11 is 0. The van der Waals surface area contributed by atoms with Crippen LogP contribution in [-0.4, -0.2) is 13.7 Å². The van der Waals surface area contributed by atoms with Crippen molar-refractivity contribution in [3.05, 3.63) is 34.9 Å². The first-order valence-corrected chi connectivity index (χ1v) is 4.46. The number of hydrogen-bond acceptors (Lipinski definition) is 2. The predicted molar refractivity (Wildman–Crippen MR) is 62.0 cm³/mol. The molecule has 14 heavy (non-hydrogen) atoms. The number of hydrogen-bond donors (Lipinski definition) is 1. The highest BCUT2D eigenvalue weighted by Crippen LogP contribution is 2.14. The molecular formula is C11H18ClNO. The molecule has 0 saturated carbocycles. The monoisotopic (exact) mass is 215 g/mol. The summed E-state index contributed by atoms with van der Waals surface area (Å²) in [6.07, 6.45) is 0. The topological polar surface area (TPSA) is 35.2 Å². The zero-order valence-electron chi connectivity index (χ0n) is 8.91. The third-order valence-electron chi connectivity index (χ3n) is 2.02. The van der Waals surface area contributed by atoms with Crippen molar-refractivity contribution in [2.75, 3.05) is 13.7 Å². The molecule has 1 aromatic rings. The molecule has 0 heterocycles. The van der Waals surface area contributed by atoms with Crippen LogP contribution >= 0.6 is 12.4 Å². The Labute approximate surface area is 91.9 Å². The quantitative estimate of drug-likeness (QED) is 0.841. The number of rotatable bonds is 3. The van der Waals surface area contributed by atoms with Gasteiger partial charge in [0.2, 0.25) is 0 Å². The van der Waals surface area contributed by atoms with E-state index in [1.807, 2.05) is 0 Å². The summed E-state index contributed by atoms with van der Waals surface area (Å²) in [6.45, 7) is 4.73. The van der Waals surface area contributed by atoms with Crippen LogP contribution < -0.4 is 5.73 Å². The smallest absolute Gasteiger partial charge is 0.0655 e. The maximum atomic E-state index is 5.92. The highest BCUT2D eigenvalue weighted by atomic mass is 35.5. The van der Waals surface area contributed by atoms with Gasteiger partial charge in [0.25, 0.3) is 0 Å². The van der Waals surface area contributed by atoms with E-state index in [4.69, 9.17) is 10.5 Å². The van der Waals surface area contributed by atoms with Gasteiger partial charge in [-0.25, -0.2) is 0 Å². The van der Waals surface area contributed by atoms with Crippen LogP contribution in [0.2, 0.25) is 0 Å². The van der Waals surface area contributed by atoms with E-state index in [-0.39, 0.29) is 18.4 Å². The van der Waals surface area contributed by atoms with Gasteiger partial charge in [-0.05, 0) is 19.4 Å². The van der Waals surface area contributed by atoms with E-state index in [2.05, 4.69) is 32.0 Å². The van der Waals surface area contributed by atoms with Crippen molar-refractivity contribution in [1.82, 2.24) is 0 Å². The van der Waals surface area contributed by atoms with Crippen molar-refractivity contribution >= 4 is 12.4 Å². The molecule has 1 aromatic carbocycles. The SMILES string of the molecule is COCC(N)c1cc(C)cc(C)c1.Cl. The molecule has 0 aliphatic rings. The number of methoxy groups -OCH3 is 1. The van der Waals surface area contributed by atoms with Gasteiger partial charge in [-0.3, -0.25) is 0 Å². The fourth-order valence-electron chi connectivity index (χ4n) is 1.50. The minimum absolute atomic E-state index is 0. The van der Waals surface area contributed by atoms with Gasteiger partial charge < -0.3 is 10.5 Å². The van der Waals surface area contributed by atoms with E-state index >= 15 is 0 Å². The Hall–Kier alpha value is -0.570. The molecule has 0 amide bonds. The molecule has 0 radical (unpaired) electrons. The standard InChI is InChI=1S/C11H17NO.ClH/c1-8-4-9(2)6-10(5-8)11(12)7-13-3;/h4-6,11H,7,12H2,1-3H3;1H. The van der Waals surface area contributed by atoms with Gasteiger partial charge in [0.05, 0.1) is 12.6 Å².